The van der Waals surface area contributed by atoms with E-state index >= 15 is 0 Å². The van der Waals surface area contributed by atoms with E-state index in [9.17, 15) is 8.42 Å². The van der Waals surface area contributed by atoms with Crippen LogP contribution in [0.5, 0.6) is 0 Å². The molecular formula is C6H6N4O2S. The predicted octanol–water partition coefficient (Wildman–Crippen LogP) is -0.366. The highest BCUT2D eigenvalue weighted by atomic mass is 32.2. The zero-order valence-corrected chi connectivity index (χ0v) is 7.56. The Morgan fingerprint density at radius 2 is 2.23 bits per heavy atom. The Hall–Kier alpha value is -1.50. The number of hydrogen-bond acceptors (Lipinski definition) is 5. The maximum Gasteiger partial charge on any atom is 0.252 e. The van der Waals surface area contributed by atoms with Gasteiger partial charge in [0, 0.05) is 6.20 Å². The van der Waals surface area contributed by atoms with Gasteiger partial charge in [0.1, 0.15) is 11.0 Å². The molecule has 2 aromatic heterocycles. The topological polar surface area (TPSA) is 77.7 Å². The first kappa shape index (κ1) is 8.11. The van der Waals surface area contributed by atoms with Crippen molar-refractivity contribution in [3.8, 4) is 0 Å². The van der Waals surface area contributed by atoms with Crippen molar-refractivity contribution in [3.63, 3.8) is 0 Å². The normalized spacial score (nSPS) is 12.1. The van der Waals surface area contributed by atoms with Crippen LogP contribution in [0.3, 0.4) is 0 Å². The highest BCUT2D eigenvalue weighted by molar-refractivity contribution is 7.89. The fourth-order valence-corrected chi connectivity index (χ4v) is 1.68. The third-order valence-electron chi connectivity index (χ3n) is 1.53. The lowest BCUT2D eigenvalue weighted by Crippen LogP contribution is -2.11. The fraction of sp³-hybridized carbons (Fsp3) is 0.167. The van der Waals surface area contributed by atoms with Gasteiger partial charge in [-0.25, -0.2) is 8.42 Å². The zero-order chi connectivity index (χ0) is 9.47. The third kappa shape index (κ3) is 1.26. The average Bonchev–Trinajstić information content (AvgIpc) is 2.45. The Bertz CT molecular complexity index is 545. The number of nitrogens with zero attached hydrogens (tertiary/aromatic N) is 4. The Labute approximate surface area is 74.3 Å². The summed E-state index contributed by atoms with van der Waals surface area (Å²) in [6.07, 6.45) is 4.03. The summed E-state index contributed by atoms with van der Waals surface area (Å²) in [6, 6.07) is 1.55. The van der Waals surface area contributed by atoms with Crippen LogP contribution >= 0.6 is 0 Å². The summed E-state index contributed by atoms with van der Waals surface area (Å²) >= 11 is 0. The van der Waals surface area contributed by atoms with Crippen LogP contribution in [0.2, 0.25) is 0 Å². The van der Waals surface area contributed by atoms with Gasteiger partial charge in [-0.15, -0.1) is 9.19 Å². The SMILES string of the molecule is CS(=O)(=O)n1nnc2cnccc21. The third-order valence-corrected chi connectivity index (χ3v) is 2.43. The molecule has 0 spiro atoms. The number of fused-ring (bicyclic) bond motifs is 1. The van der Waals surface area contributed by atoms with Crippen LogP contribution in [-0.4, -0.2) is 34.1 Å². The number of rotatable bonds is 1. The van der Waals surface area contributed by atoms with Crippen LogP contribution in [0, 0.1) is 0 Å². The quantitative estimate of drug-likeness (QED) is 0.625. The molecule has 2 heterocycles. The van der Waals surface area contributed by atoms with Crippen LogP contribution in [0.4, 0.5) is 0 Å². The van der Waals surface area contributed by atoms with E-state index < -0.39 is 10.0 Å². The molecule has 7 heteroatoms. The molecule has 0 aliphatic carbocycles. The Morgan fingerprint density at radius 3 is 2.92 bits per heavy atom. The first-order valence-corrected chi connectivity index (χ1v) is 5.30. The van der Waals surface area contributed by atoms with E-state index in [1.165, 1.54) is 12.4 Å². The minimum absolute atomic E-state index is 0.442. The second kappa shape index (κ2) is 2.49. The summed E-state index contributed by atoms with van der Waals surface area (Å²) in [5.74, 6) is 0. The van der Waals surface area contributed by atoms with Crippen molar-refractivity contribution in [2.45, 2.75) is 0 Å². The molecule has 0 atom stereocenters. The first-order valence-electron chi connectivity index (χ1n) is 3.45. The molecule has 0 unspecified atom stereocenters. The van der Waals surface area contributed by atoms with Gasteiger partial charge in [-0.1, -0.05) is 5.21 Å². The van der Waals surface area contributed by atoms with E-state index in [0.717, 1.165) is 10.3 Å². The van der Waals surface area contributed by atoms with E-state index in [1.54, 1.807) is 6.07 Å². The second-order valence-electron chi connectivity index (χ2n) is 2.56. The minimum Gasteiger partial charge on any atom is -0.262 e. The fourth-order valence-electron chi connectivity index (χ4n) is 1.000. The van der Waals surface area contributed by atoms with E-state index in [0.29, 0.717) is 11.0 Å². The predicted molar refractivity (Wildman–Crippen MR) is 45.6 cm³/mol. The van der Waals surface area contributed by atoms with Crippen molar-refractivity contribution in [1.29, 1.82) is 0 Å². The molecule has 2 aromatic rings. The molecule has 0 aliphatic heterocycles. The van der Waals surface area contributed by atoms with Gasteiger partial charge < -0.3 is 0 Å². The van der Waals surface area contributed by atoms with E-state index in [4.69, 9.17) is 0 Å². The molecule has 0 saturated carbocycles. The first-order chi connectivity index (χ1) is 6.09. The Morgan fingerprint density at radius 1 is 1.46 bits per heavy atom. The molecule has 0 fully saturated rings. The minimum atomic E-state index is -3.37. The maximum absolute atomic E-state index is 11.1. The van der Waals surface area contributed by atoms with Crippen LogP contribution in [0.15, 0.2) is 18.5 Å². The lowest BCUT2D eigenvalue weighted by Gasteiger charge is -1.95. The highest BCUT2D eigenvalue weighted by Gasteiger charge is 2.11. The van der Waals surface area contributed by atoms with Crippen LogP contribution in [0.1, 0.15) is 0 Å². The summed E-state index contributed by atoms with van der Waals surface area (Å²) in [6.45, 7) is 0. The molecule has 13 heavy (non-hydrogen) atoms. The van der Waals surface area contributed by atoms with Crippen LogP contribution in [-0.2, 0) is 10.0 Å². The molecule has 6 nitrogen and oxygen atoms in total. The zero-order valence-electron chi connectivity index (χ0n) is 6.75. The van der Waals surface area contributed by atoms with Crippen molar-refractivity contribution in [1.82, 2.24) is 19.4 Å². The molecule has 2 rings (SSSR count). The van der Waals surface area contributed by atoms with E-state index in [1.807, 2.05) is 0 Å². The van der Waals surface area contributed by atoms with Crippen molar-refractivity contribution in [2.24, 2.45) is 0 Å². The van der Waals surface area contributed by atoms with Crippen molar-refractivity contribution in [2.75, 3.05) is 6.26 Å². The van der Waals surface area contributed by atoms with Gasteiger partial charge in [-0.2, -0.15) is 0 Å². The molecule has 0 aromatic carbocycles. The van der Waals surface area contributed by atoms with Crippen molar-refractivity contribution in [3.05, 3.63) is 18.5 Å². The Balaban J connectivity index is 2.87. The van der Waals surface area contributed by atoms with Gasteiger partial charge in [0.25, 0.3) is 10.0 Å². The van der Waals surface area contributed by atoms with Gasteiger partial charge >= 0.3 is 0 Å². The lowest BCUT2D eigenvalue weighted by atomic mass is 10.4. The van der Waals surface area contributed by atoms with E-state index in [-0.39, 0.29) is 0 Å². The Kier molecular flexibility index (Phi) is 1.56. The monoisotopic (exact) mass is 198 g/mol. The summed E-state index contributed by atoms with van der Waals surface area (Å²) in [5.41, 5.74) is 0.908. The summed E-state index contributed by atoms with van der Waals surface area (Å²) in [7, 11) is -3.37. The van der Waals surface area contributed by atoms with Gasteiger partial charge in [-0.3, -0.25) is 4.98 Å². The second-order valence-corrected chi connectivity index (χ2v) is 4.37. The molecule has 68 valence electrons. The summed E-state index contributed by atoms with van der Waals surface area (Å²) in [5, 5.41) is 7.16. The number of aromatic nitrogens is 4. The molecule has 0 radical (unpaired) electrons. The van der Waals surface area contributed by atoms with Crippen molar-refractivity contribution >= 4 is 21.1 Å². The van der Waals surface area contributed by atoms with Crippen molar-refractivity contribution < 1.29 is 8.42 Å². The van der Waals surface area contributed by atoms with Gasteiger partial charge in [0.15, 0.2) is 0 Å². The smallest absolute Gasteiger partial charge is 0.252 e. The molecule has 0 N–H and O–H groups in total. The lowest BCUT2D eigenvalue weighted by molar-refractivity contribution is 0.586. The number of pyridine rings is 1. The largest absolute Gasteiger partial charge is 0.262 e. The molecule has 0 aliphatic rings. The van der Waals surface area contributed by atoms with Gasteiger partial charge in [-0.05, 0) is 6.07 Å². The van der Waals surface area contributed by atoms with E-state index in [2.05, 4.69) is 15.3 Å². The maximum atomic E-state index is 11.1. The standard InChI is InChI=1S/C6H6N4O2S/c1-13(11,12)10-6-2-3-7-4-5(6)8-9-10/h2-4H,1H3. The molecular weight excluding hydrogens is 192 g/mol. The summed E-state index contributed by atoms with van der Waals surface area (Å²) < 4.78 is 23.2. The van der Waals surface area contributed by atoms with Crippen LogP contribution < -0.4 is 0 Å². The van der Waals surface area contributed by atoms with Gasteiger partial charge in [0.2, 0.25) is 0 Å². The van der Waals surface area contributed by atoms with Crippen LogP contribution in [0.25, 0.3) is 11.0 Å². The summed E-state index contributed by atoms with van der Waals surface area (Å²) in [4.78, 5) is 3.80. The van der Waals surface area contributed by atoms with Gasteiger partial charge in [0.05, 0.1) is 12.5 Å². The molecule has 0 saturated heterocycles. The number of hydrogen-bond donors (Lipinski definition) is 0. The molecule has 0 bridgehead atoms. The molecule has 0 amide bonds. The average molecular weight is 198 g/mol. The highest BCUT2D eigenvalue weighted by Crippen LogP contribution is 2.09.